The van der Waals surface area contributed by atoms with Gasteiger partial charge in [0.15, 0.2) is 0 Å². The van der Waals surface area contributed by atoms with E-state index >= 15 is 0 Å². The molecule has 0 spiro atoms. The Morgan fingerprint density at radius 1 is 1.44 bits per heavy atom. The standard InChI is InChI=1S/C14H23N3O.C2HF3O2/c1-3-18-9-13-14-12(15-10-16(14)2)6-7-17(13)8-11-4-5-11;3-2(4,5)1(6)7/h10-11,13H,3-9H2,1-2H3;(H,6,7). The van der Waals surface area contributed by atoms with Crippen LogP contribution >= 0.6 is 0 Å². The summed E-state index contributed by atoms with van der Waals surface area (Å²) in [5.41, 5.74) is 2.64. The smallest absolute Gasteiger partial charge is 0.475 e. The van der Waals surface area contributed by atoms with Gasteiger partial charge in [-0.2, -0.15) is 13.2 Å². The number of fused-ring (bicyclic) bond motifs is 1. The molecular formula is C16H24F3N3O3. The SMILES string of the molecule is CCOCC1c2c(ncn2C)CCN1CC1CC1.O=C(O)C(F)(F)F. The number of aromatic nitrogens is 2. The van der Waals surface area contributed by atoms with Crippen molar-refractivity contribution < 1.29 is 27.8 Å². The lowest BCUT2D eigenvalue weighted by molar-refractivity contribution is -0.192. The van der Waals surface area contributed by atoms with Gasteiger partial charge in [-0.25, -0.2) is 9.78 Å². The number of rotatable bonds is 5. The molecule has 1 aromatic rings. The number of imidazole rings is 1. The van der Waals surface area contributed by atoms with Crippen LogP contribution in [-0.4, -0.2) is 58.0 Å². The van der Waals surface area contributed by atoms with Gasteiger partial charge in [-0.15, -0.1) is 0 Å². The van der Waals surface area contributed by atoms with Gasteiger partial charge in [0.05, 0.1) is 30.4 Å². The van der Waals surface area contributed by atoms with Crippen LogP contribution in [0.2, 0.25) is 0 Å². The van der Waals surface area contributed by atoms with Crippen molar-refractivity contribution in [1.82, 2.24) is 14.5 Å². The fourth-order valence-electron chi connectivity index (χ4n) is 2.95. The minimum absolute atomic E-state index is 0.404. The lowest BCUT2D eigenvalue weighted by atomic mass is 10.0. The van der Waals surface area contributed by atoms with Crippen LogP contribution in [0.1, 0.15) is 37.2 Å². The van der Waals surface area contributed by atoms with Gasteiger partial charge in [-0.1, -0.05) is 0 Å². The average molecular weight is 363 g/mol. The average Bonchev–Trinajstić information content (AvgIpc) is 3.27. The van der Waals surface area contributed by atoms with Gasteiger partial charge in [0, 0.05) is 33.2 Å². The highest BCUT2D eigenvalue weighted by atomic mass is 19.4. The number of carboxylic acids is 1. The molecule has 1 saturated carbocycles. The maximum atomic E-state index is 10.6. The number of alkyl halides is 3. The second kappa shape index (κ2) is 8.18. The zero-order chi connectivity index (χ0) is 18.6. The van der Waals surface area contributed by atoms with E-state index in [0.717, 1.165) is 32.1 Å². The van der Waals surface area contributed by atoms with E-state index in [4.69, 9.17) is 14.6 Å². The summed E-state index contributed by atoms with van der Waals surface area (Å²) in [6, 6.07) is 0.404. The summed E-state index contributed by atoms with van der Waals surface area (Å²) in [7, 11) is 2.10. The van der Waals surface area contributed by atoms with Gasteiger partial charge in [0.1, 0.15) is 0 Å². The predicted molar refractivity (Wildman–Crippen MR) is 84.1 cm³/mol. The van der Waals surface area contributed by atoms with E-state index in [1.54, 1.807) is 0 Å². The van der Waals surface area contributed by atoms with Gasteiger partial charge >= 0.3 is 12.1 Å². The number of carboxylic acid groups (broad SMARTS) is 1. The van der Waals surface area contributed by atoms with Crippen LogP contribution in [0, 0.1) is 5.92 Å². The molecule has 0 aromatic carbocycles. The van der Waals surface area contributed by atoms with E-state index in [1.165, 1.54) is 30.8 Å². The minimum atomic E-state index is -5.08. The highest BCUT2D eigenvalue weighted by Crippen LogP contribution is 2.35. The molecule has 0 radical (unpaired) electrons. The van der Waals surface area contributed by atoms with E-state index in [-0.39, 0.29) is 0 Å². The number of carbonyl (C=O) groups is 1. The van der Waals surface area contributed by atoms with Crippen LogP contribution in [0.25, 0.3) is 0 Å². The van der Waals surface area contributed by atoms with Crippen molar-refractivity contribution in [2.45, 2.75) is 38.4 Å². The minimum Gasteiger partial charge on any atom is -0.475 e. The Bertz CT molecular complexity index is 585. The Morgan fingerprint density at radius 3 is 2.60 bits per heavy atom. The van der Waals surface area contributed by atoms with Crippen molar-refractivity contribution >= 4 is 5.97 Å². The highest BCUT2D eigenvalue weighted by molar-refractivity contribution is 5.73. The third kappa shape index (κ3) is 5.43. The summed E-state index contributed by atoms with van der Waals surface area (Å²) >= 11 is 0. The number of hydrogen-bond donors (Lipinski definition) is 1. The highest BCUT2D eigenvalue weighted by Gasteiger charge is 2.38. The maximum Gasteiger partial charge on any atom is 0.490 e. The summed E-state index contributed by atoms with van der Waals surface area (Å²) in [5, 5.41) is 7.12. The van der Waals surface area contributed by atoms with E-state index in [0.29, 0.717) is 6.04 Å². The molecule has 3 rings (SSSR count). The normalized spacial score (nSPS) is 20.6. The molecule has 0 saturated heterocycles. The first-order valence-electron chi connectivity index (χ1n) is 8.36. The zero-order valence-electron chi connectivity index (χ0n) is 14.4. The number of halogens is 3. The van der Waals surface area contributed by atoms with E-state index in [2.05, 4.69) is 28.4 Å². The lowest BCUT2D eigenvalue weighted by Gasteiger charge is -2.35. The Balaban J connectivity index is 0.000000277. The molecular weight excluding hydrogens is 339 g/mol. The summed E-state index contributed by atoms with van der Waals surface area (Å²) in [6.07, 6.45) is 0.780. The molecule has 1 atom stereocenters. The van der Waals surface area contributed by atoms with Crippen LogP contribution in [0.4, 0.5) is 13.2 Å². The number of aliphatic carboxylic acids is 1. The fourth-order valence-corrected chi connectivity index (χ4v) is 2.95. The molecule has 0 amide bonds. The molecule has 2 heterocycles. The lowest BCUT2D eigenvalue weighted by Crippen LogP contribution is -2.40. The first-order valence-corrected chi connectivity index (χ1v) is 8.36. The molecule has 1 aliphatic carbocycles. The van der Waals surface area contributed by atoms with E-state index in [9.17, 15) is 13.2 Å². The Labute approximate surface area is 144 Å². The number of hydrogen-bond acceptors (Lipinski definition) is 4. The van der Waals surface area contributed by atoms with Crippen molar-refractivity contribution in [3.05, 3.63) is 17.7 Å². The van der Waals surface area contributed by atoms with Crippen molar-refractivity contribution in [3.8, 4) is 0 Å². The predicted octanol–water partition coefficient (Wildman–Crippen LogP) is 2.40. The molecule has 6 nitrogen and oxygen atoms in total. The molecule has 2 aliphatic rings. The molecule has 1 unspecified atom stereocenters. The van der Waals surface area contributed by atoms with Crippen LogP contribution in [0.15, 0.2) is 6.33 Å². The van der Waals surface area contributed by atoms with Crippen molar-refractivity contribution in [2.75, 3.05) is 26.3 Å². The van der Waals surface area contributed by atoms with Crippen LogP contribution in [0.3, 0.4) is 0 Å². The first-order chi connectivity index (χ1) is 11.7. The van der Waals surface area contributed by atoms with Crippen LogP contribution in [0.5, 0.6) is 0 Å². The third-order valence-corrected chi connectivity index (χ3v) is 4.37. The maximum absolute atomic E-state index is 10.6. The molecule has 25 heavy (non-hydrogen) atoms. The number of nitrogens with zero attached hydrogens (tertiary/aromatic N) is 3. The summed E-state index contributed by atoms with van der Waals surface area (Å²) in [5.74, 6) is -1.82. The Hall–Kier alpha value is -1.61. The molecule has 142 valence electrons. The van der Waals surface area contributed by atoms with Crippen molar-refractivity contribution in [2.24, 2.45) is 13.0 Å². The third-order valence-electron chi connectivity index (χ3n) is 4.37. The molecule has 1 N–H and O–H groups in total. The van der Waals surface area contributed by atoms with Gasteiger partial charge in [0.2, 0.25) is 0 Å². The largest absolute Gasteiger partial charge is 0.490 e. The fraction of sp³-hybridized carbons (Fsp3) is 0.750. The van der Waals surface area contributed by atoms with Crippen LogP contribution in [-0.2, 0) is 23.0 Å². The second-order valence-electron chi connectivity index (χ2n) is 6.35. The first kappa shape index (κ1) is 19.7. The van der Waals surface area contributed by atoms with Gasteiger partial charge in [0.25, 0.3) is 0 Å². The number of aryl methyl sites for hydroxylation is 1. The molecule has 0 bridgehead atoms. The van der Waals surface area contributed by atoms with E-state index < -0.39 is 12.1 Å². The molecule has 1 aliphatic heterocycles. The van der Waals surface area contributed by atoms with E-state index in [1.807, 2.05) is 6.33 Å². The summed E-state index contributed by atoms with van der Waals surface area (Å²) in [6.45, 7) is 6.04. The molecule has 1 fully saturated rings. The van der Waals surface area contributed by atoms with Crippen molar-refractivity contribution in [1.29, 1.82) is 0 Å². The van der Waals surface area contributed by atoms with Gasteiger partial charge in [-0.05, 0) is 25.7 Å². The summed E-state index contributed by atoms with van der Waals surface area (Å²) < 4.78 is 39.6. The monoisotopic (exact) mass is 363 g/mol. The molecule has 9 heteroatoms. The second-order valence-corrected chi connectivity index (χ2v) is 6.35. The van der Waals surface area contributed by atoms with Crippen molar-refractivity contribution in [3.63, 3.8) is 0 Å². The Morgan fingerprint density at radius 2 is 2.08 bits per heavy atom. The van der Waals surface area contributed by atoms with Gasteiger partial charge in [-0.3, -0.25) is 4.90 Å². The molecule has 1 aromatic heterocycles. The number of ether oxygens (including phenoxy) is 1. The van der Waals surface area contributed by atoms with Gasteiger partial charge < -0.3 is 14.4 Å². The Kier molecular flexibility index (Phi) is 6.45. The topological polar surface area (TPSA) is 67.6 Å². The zero-order valence-corrected chi connectivity index (χ0v) is 14.4. The quantitative estimate of drug-likeness (QED) is 0.870. The summed E-state index contributed by atoms with van der Waals surface area (Å²) in [4.78, 5) is 16.0. The van der Waals surface area contributed by atoms with Crippen LogP contribution < -0.4 is 0 Å².